The Kier molecular flexibility index (Phi) is 20.3. The van der Waals surface area contributed by atoms with Crippen LogP contribution in [0.5, 0.6) is 0 Å². The van der Waals surface area contributed by atoms with E-state index in [1.54, 1.807) is 0 Å². The molecule has 21 heavy (non-hydrogen) atoms. The van der Waals surface area contributed by atoms with Gasteiger partial charge in [-0.15, -0.1) is 11.8 Å². The average molecular weight is 393 g/mol. The zero-order valence-electron chi connectivity index (χ0n) is 13.4. The van der Waals surface area contributed by atoms with Gasteiger partial charge in [-0.3, -0.25) is 9.59 Å². The van der Waals surface area contributed by atoms with Crippen molar-refractivity contribution in [1.82, 2.24) is 0 Å². The molecule has 114 valence electrons. The van der Waals surface area contributed by atoms with Crippen molar-refractivity contribution in [1.29, 1.82) is 0 Å². The molecule has 0 bridgehead atoms. The van der Waals surface area contributed by atoms with Gasteiger partial charge in [0.1, 0.15) is 11.8 Å². The fourth-order valence-corrected chi connectivity index (χ4v) is 1.13. The topological polar surface area (TPSA) is 74.6 Å². The zero-order chi connectivity index (χ0) is 16.0. The molecule has 4 nitrogen and oxygen atoms in total. The standard InChI is InChI=1S/2C8H12O2.Cd/c2*1-3-5-6-7(4-2)8(9)10;/h2*7H,3-4H2,1-2H3,(H,9,10);. The molecular weight excluding hydrogens is 369 g/mol. The normalized spacial score (nSPS) is 10.9. The Morgan fingerprint density at radius 3 is 1.24 bits per heavy atom. The van der Waals surface area contributed by atoms with Crippen LogP contribution in [0.3, 0.4) is 0 Å². The second-order valence-electron chi connectivity index (χ2n) is 3.95. The number of rotatable bonds is 4. The molecule has 2 N–H and O–H groups in total. The third-order valence-electron chi connectivity index (χ3n) is 2.32. The Hall–Kier alpha value is -1.02. The molecule has 0 aliphatic heterocycles. The van der Waals surface area contributed by atoms with Gasteiger partial charge in [-0.1, -0.05) is 39.5 Å². The molecule has 5 heteroatoms. The molecule has 0 saturated heterocycles. The molecule has 0 fully saturated rings. The van der Waals surface area contributed by atoms with Gasteiger partial charge in [-0.25, -0.2) is 0 Å². The minimum absolute atomic E-state index is 0. The number of carboxylic acid groups (broad SMARTS) is 2. The van der Waals surface area contributed by atoms with Crippen LogP contribution in [-0.2, 0) is 36.9 Å². The molecule has 0 aromatic carbocycles. The van der Waals surface area contributed by atoms with Gasteiger partial charge in [0, 0.05) is 40.1 Å². The molecule has 2 unspecified atom stereocenters. The summed E-state index contributed by atoms with van der Waals surface area (Å²) < 4.78 is 0. The quantitative estimate of drug-likeness (QED) is 0.569. The molecule has 0 amide bonds. The van der Waals surface area contributed by atoms with Gasteiger partial charge in [0.05, 0.1) is 0 Å². The Balaban J connectivity index is -0.000000295. The molecule has 0 aromatic heterocycles. The van der Waals surface area contributed by atoms with E-state index in [4.69, 9.17) is 10.2 Å². The maximum atomic E-state index is 10.3. The summed E-state index contributed by atoms with van der Waals surface area (Å²) in [5.41, 5.74) is 0. The van der Waals surface area contributed by atoms with E-state index < -0.39 is 23.8 Å². The van der Waals surface area contributed by atoms with Crippen molar-refractivity contribution in [3.8, 4) is 23.7 Å². The summed E-state index contributed by atoms with van der Waals surface area (Å²) in [6.45, 7) is 7.45. The first-order valence-electron chi connectivity index (χ1n) is 6.86. The van der Waals surface area contributed by atoms with Crippen LogP contribution in [0.15, 0.2) is 0 Å². The van der Waals surface area contributed by atoms with Gasteiger partial charge in [0.25, 0.3) is 0 Å². The summed E-state index contributed by atoms with van der Waals surface area (Å²) in [5, 5.41) is 17.0. The van der Waals surface area contributed by atoms with Gasteiger partial charge in [-0.2, -0.15) is 0 Å². The second kappa shape index (κ2) is 17.0. The summed E-state index contributed by atoms with van der Waals surface area (Å²) >= 11 is 0. The summed E-state index contributed by atoms with van der Waals surface area (Å²) in [5.74, 6) is 8.26. The van der Waals surface area contributed by atoms with Crippen molar-refractivity contribution >= 4 is 11.9 Å². The molecule has 0 rings (SSSR count). The smallest absolute Gasteiger partial charge is 0.318 e. The minimum Gasteiger partial charge on any atom is -0.480 e. The maximum Gasteiger partial charge on any atom is 0.318 e. The average Bonchev–Trinajstić information content (AvgIpc) is 2.40. The second-order valence-corrected chi connectivity index (χ2v) is 3.95. The van der Waals surface area contributed by atoms with Gasteiger partial charge in [-0.05, 0) is 12.8 Å². The third kappa shape index (κ3) is 15.2. The fraction of sp³-hybridized carbons (Fsp3) is 0.625. The molecule has 2 atom stereocenters. The monoisotopic (exact) mass is 394 g/mol. The maximum absolute atomic E-state index is 10.3. The van der Waals surface area contributed by atoms with E-state index in [-0.39, 0.29) is 27.3 Å². The van der Waals surface area contributed by atoms with Crippen molar-refractivity contribution in [2.24, 2.45) is 11.8 Å². The number of carboxylic acids is 2. The molecule has 0 aliphatic carbocycles. The number of hydrogen-bond acceptors (Lipinski definition) is 2. The Morgan fingerprint density at radius 1 is 0.810 bits per heavy atom. The Morgan fingerprint density at radius 2 is 1.10 bits per heavy atom. The molecule has 0 aliphatic rings. The van der Waals surface area contributed by atoms with Crippen molar-refractivity contribution in [3.63, 3.8) is 0 Å². The molecule has 0 saturated carbocycles. The van der Waals surface area contributed by atoms with Crippen LogP contribution in [0.1, 0.15) is 53.4 Å². The molecule has 0 spiro atoms. The van der Waals surface area contributed by atoms with E-state index in [9.17, 15) is 9.59 Å². The van der Waals surface area contributed by atoms with Crippen molar-refractivity contribution in [3.05, 3.63) is 0 Å². The van der Waals surface area contributed by atoms with E-state index in [0.29, 0.717) is 12.8 Å². The van der Waals surface area contributed by atoms with E-state index in [0.717, 1.165) is 12.8 Å². The van der Waals surface area contributed by atoms with Crippen LogP contribution >= 0.6 is 0 Å². The fourth-order valence-electron chi connectivity index (χ4n) is 1.13. The van der Waals surface area contributed by atoms with Crippen LogP contribution in [-0.4, -0.2) is 22.2 Å². The van der Waals surface area contributed by atoms with Crippen molar-refractivity contribution in [2.75, 3.05) is 0 Å². The summed E-state index contributed by atoms with van der Waals surface area (Å²) in [7, 11) is 0. The van der Waals surface area contributed by atoms with E-state index in [2.05, 4.69) is 23.7 Å². The Bertz CT molecular complexity index is 369. The Labute approximate surface area is 147 Å². The van der Waals surface area contributed by atoms with E-state index in [1.165, 1.54) is 0 Å². The summed E-state index contributed by atoms with van der Waals surface area (Å²) in [4.78, 5) is 20.7. The predicted octanol–water partition coefficient (Wildman–Crippen LogP) is 3.02. The van der Waals surface area contributed by atoms with Crippen LogP contribution in [0.25, 0.3) is 0 Å². The van der Waals surface area contributed by atoms with Crippen LogP contribution in [0.4, 0.5) is 0 Å². The first-order valence-corrected chi connectivity index (χ1v) is 6.86. The largest absolute Gasteiger partial charge is 0.480 e. The molecular formula is C16H24CdO4. The first-order chi connectivity index (χ1) is 9.44. The third-order valence-corrected chi connectivity index (χ3v) is 2.32. The minimum atomic E-state index is -0.816. The number of hydrogen-bond donors (Lipinski definition) is 2. The molecule has 0 heterocycles. The molecule has 0 radical (unpaired) electrons. The summed E-state index contributed by atoms with van der Waals surface area (Å²) in [6.07, 6.45) is 2.62. The van der Waals surface area contributed by atoms with Crippen LogP contribution < -0.4 is 0 Å². The SMILES string of the molecule is CCC#CC(CC)C(=O)O.CCC#CC(CC)C(=O)O.[Cd]. The van der Waals surface area contributed by atoms with Crippen molar-refractivity contribution < 1.29 is 47.1 Å². The van der Waals surface area contributed by atoms with Crippen molar-refractivity contribution in [2.45, 2.75) is 53.4 Å². The number of aliphatic carboxylic acids is 2. The van der Waals surface area contributed by atoms with Crippen LogP contribution in [0, 0.1) is 35.5 Å². The molecule has 0 aromatic rings. The summed E-state index contributed by atoms with van der Waals surface area (Å²) in [6, 6.07) is 0. The van der Waals surface area contributed by atoms with Gasteiger partial charge >= 0.3 is 11.9 Å². The number of carbonyl (C=O) groups is 2. The van der Waals surface area contributed by atoms with Gasteiger partial charge in [0.2, 0.25) is 0 Å². The first kappa shape index (κ1) is 25.0. The van der Waals surface area contributed by atoms with Crippen LogP contribution in [0.2, 0.25) is 0 Å². The zero-order valence-corrected chi connectivity index (χ0v) is 17.4. The van der Waals surface area contributed by atoms with E-state index >= 15 is 0 Å². The van der Waals surface area contributed by atoms with Gasteiger partial charge < -0.3 is 10.2 Å². The van der Waals surface area contributed by atoms with Gasteiger partial charge in [0.15, 0.2) is 0 Å². The predicted molar refractivity (Wildman–Crippen MR) is 79.0 cm³/mol. The van der Waals surface area contributed by atoms with E-state index in [1.807, 2.05) is 27.7 Å².